The number of hydrogen-bond donors (Lipinski definition) is 6. The van der Waals surface area contributed by atoms with Gasteiger partial charge in [-0.1, -0.05) is 38.5 Å². The van der Waals surface area contributed by atoms with E-state index in [1.165, 1.54) is 50.9 Å². The van der Waals surface area contributed by atoms with Gasteiger partial charge < -0.3 is 11.5 Å². The van der Waals surface area contributed by atoms with Crippen molar-refractivity contribution >= 4 is 11.9 Å². The van der Waals surface area contributed by atoms with E-state index in [9.17, 15) is 0 Å². The molecule has 0 bridgehead atoms. The topological polar surface area (TPSA) is 171 Å². The van der Waals surface area contributed by atoms with Gasteiger partial charge in [-0.3, -0.25) is 21.5 Å². The summed E-state index contributed by atoms with van der Waals surface area (Å²) in [5.74, 6) is -0.644. The predicted octanol–water partition coefficient (Wildman–Crippen LogP) is 0.242. The molecule has 8 N–H and O–H groups in total. The number of nitrogens with zero attached hydrogens (tertiary/aromatic N) is 2. The number of guanidine groups is 2. The fourth-order valence-corrected chi connectivity index (χ4v) is 1.18. The van der Waals surface area contributed by atoms with E-state index in [1.54, 1.807) is 0 Å². The van der Waals surface area contributed by atoms with Crippen LogP contribution in [0.3, 0.4) is 0 Å². The summed E-state index contributed by atoms with van der Waals surface area (Å²) < 4.78 is 0. The highest BCUT2D eigenvalue weighted by Gasteiger charge is 1.95. The maximum atomic E-state index is 7.65. The third kappa shape index (κ3) is 23.4. The van der Waals surface area contributed by atoms with Gasteiger partial charge in [0.2, 0.25) is 0 Å². The van der Waals surface area contributed by atoms with Crippen molar-refractivity contribution in [1.29, 1.82) is 21.3 Å². The summed E-state index contributed by atoms with van der Waals surface area (Å²) in [6, 6.07) is 0. The Morgan fingerprint density at radius 1 is 0.778 bits per heavy atom. The first-order valence-electron chi connectivity index (χ1n) is 5.52. The van der Waals surface area contributed by atoms with Crippen LogP contribution in [0.5, 0.6) is 0 Å². The molecule has 8 nitrogen and oxygen atoms in total. The second-order valence-electron chi connectivity index (χ2n) is 3.42. The molecule has 0 aromatic rings. The minimum atomic E-state index is -0.322. The number of nitrogens with two attached hydrogens (primary N) is 2. The van der Waals surface area contributed by atoms with Crippen LogP contribution in [-0.2, 0) is 0 Å². The summed E-state index contributed by atoms with van der Waals surface area (Å²) in [5.41, 5.74) is 9.31. The van der Waals surface area contributed by atoms with Gasteiger partial charge in [0.1, 0.15) is 0 Å². The Bertz CT molecular complexity index is 269. The standard InChI is InChI=1S/C6H12.2C2H4N4/c1-2-4-6-5-3-1;2*3-1-6-2(4)5/h1-6H2;2*(H4,4,5,6). The molecule has 0 aliphatic heterocycles. The van der Waals surface area contributed by atoms with Gasteiger partial charge in [-0.15, -0.1) is 0 Å². The smallest absolute Gasteiger partial charge is 0.199 e. The zero-order valence-electron chi connectivity index (χ0n) is 10.3. The summed E-state index contributed by atoms with van der Waals surface area (Å²) in [6.45, 7) is 0. The molecule has 1 rings (SSSR count). The highest BCUT2D eigenvalue weighted by atomic mass is 15.0. The molecule has 0 saturated heterocycles. The third-order valence-corrected chi connectivity index (χ3v) is 1.88. The van der Waals surface area contributed by atoms with Crippen LogP contribution >= 0.6 is 0 Å². The normalized spacial score (nSPS) is 11.9. The minimum Gasteiger partial charge on any atom is -0.369 e. The van der Waals surface area contributed by atoms with Gasteiger partial charge >= 0.3 is 0 Å². The molecule has 0 aromatic heterocycles. The van der Waals surface area contributed by atoms with E-state index >= 15 is 0 Å². The third-order valence-electron chi connectivity index (χ3n) is 1.88. The van der Waals surface area contributed by atoms with Crippen molar-refractivity contribution in [3.8, 4) is 12.4 Å². The molecule has 1 fully saturated rings. The lowest BCUT2D eigenvalue weighted by Gasteiger charge is -2.05. The Kier molecular flexibility index (Phi) is 14.4. The first-order chi connectivity index (χ1) is 8.54. The first kappa shape index (κ1) is 17.9. The highest BCUT2D eigenvalue weighted by Crippen LogP contribution is 2.15. The van der Waals surface area contributed by atoms with Crippen LogP contribution < -0.4 is 22.1 Å². The van der Waals surface area contributed by atoms with Gasteiger partial charge in [0.05, 0.1) is 0 Å². The molecule has 0 spiro atoms. The second-order valence-corrected chi connectivity index (χ2v) is 3.42. The summed E-state index contributed by atoms with van der Waals surface area (Å²) in [5, 5.41) is 31.7. The average Bonchev–Trinajstić information content (AvgIpc) is 2.32. The Hall–Kier alpha value is -2.48. The minimum absolute atomic E-state index is 0.322. The van der Waals surface area contributed by atoms with Crippen LogP contribution in [0.25, 0.3) is 0 Å². The molecule has 0 heterocycles. The Balaban J connectivity index is 0. The maximum Gasteiger partial charge on any atom is 0.199 e. The van der Waals surface area contributed by atoms with E-state index in [0.29, 0.717) is 0 Å². The van der Waals surface area contributed by atoms with Gasteiger partial charge in [-0.05, 0) is 0 Å². The van der Waals surface area contributed by atoms with Crippen molar-refractivity contribution in [2.75, 3.05) is 0 Å². The van der Waals surface area contributed by atoms with Crippen LogP contribution in [0, 0.1) is 33.7 Å². The molecule has 0 atom stereocenters. The molecule has 18 heavy (non-hydrogen) atoms. The van der Waals surface area contributed by atoms with Gasteiger partial charge in [-0.25, -0.2) is 0 Å². The lowest BCUT2D eigenvalue weighted by Crippen LogP contribution is -2.25. The van der Waals surface area contributed by atoms with Crippen LogP contribution in [-0.4, -0.2) is 11.9 Å². The Morgan fingerprint density at radius 2 is 1.00 bits per heavy atom. The summed E-state index contributed by atoms with van der Waals surface area (Å²) in [6.07, 6.45) is 11.9. The van der Waals surface area contributed by atoms with Crippen molar-refractivity contribution in [1.82, 2.24) is 10.6 Å². The van der Waals surface area contributed by atoms with Crippen LogP contribution in [0.2, 0.25) is 0 Å². The zero-order chi connectivity index (χ0) is 14.2. The van der Waals surface area contributed by atoms with E-state index in [2.05, 4.69) is 11.5 Å². The van der Waals surface area contributed by atoms with Gasteiger partial charge in [-0.2, -0.15) is 10.5 Å². The molecular formula is C10H20N8. The fraction of sp³-hybridized carbons (Fsp3) is 0.600. The van der Waals surface area contributed by atoms with Crippen LogP contribution in [0.4, 0.5) is 0 Å². The van der Waals surface area contributed by atoms with Crippen molar-refractivity contribution in [2.24, 2.45) is 11.5 Å². The Morgan fingerprint density at radius 3 is 1.06 bits per heavy atom. The monoisotopic (exact) mass is 252 g/mol. The van der Waals surface area contributed by atoms with Crippen molar-refractivity contribution in [3.63, 3.8) is 0 Å². The van der Waals surface area contributed by atoms with Crippen molar-refractivity contribution in [2.45, 2.75) is 38.5 Å². The van der Waals surface area contributed by atoms with Crippen LogP contribution in [0.1, 0.15) is 38.5 Å². The second kappa shape index (κ2) is 14.5. The predicted molar refractivity (Wildman–Crippen MR) is 69.0 cm³/mol. The van der Waals surface area contributed by atoms with Gasteiger partial charge in [0.25, 0.3) is 0 Å². The number of rotatable bonds is 0. The summed E-state index contributed by atoms with van der Waals surface area (Å²) in [4.78, 5) is 0. The van der Waals surface area contributed by atoms with E-state index in [4.69, 9.17) is 21.3 Å². The number of nitrogens with one attached hydrogen (secondary N) is 4. The van der Waals surface area contributed by atoms with Gasteiger partial charge in [0.15, 0.2) is 24.3 Å². The Labute approximate surface area is 107 Å². The SMILES string of the molecule is C1CCCCC1.N#CNC(=N)N.N#CNC(=N)N. The first-order valence-corrected chi connectivity index (χ1v) is 5.52. The number of hydrogen-bond acceptors (Lipinski definition) is 4. The molecular weight excluding hydrogens is 232 g/mol. The highest BCUT2D eigenvalue weighted by molar-refractivity contribution is 5.75. The van der Waals surface area contributed by atoms with Crippen LogP contribution in [0.15, 0.2) is 0 Å². The van der Waals surface area contributed by atoms with E-state index in [0.717, 1.165) is 0 Å². The molecule has 1 aliphatic rings. The average molecular weight is 252 g/mol. The fourth-order valence-electron chi connectivity index (χ4n) is 1.18. The molecule has 0 radical (unpaired) electrons. The summed E-state index contributed by atoms with van der Waals surface area (Å²) in [7, 11) is 0. The lowest BCUT2D eigenvalue weighted by molar-refractivity contribution is 0.504. The molecule has 0 aromatic carbocycles. The van der Waals surface area contributed by atoms with E-state index < -0.39 is 0 Å². The van der Waals surface area contributed by atoms with E-state index in [1.807, 2.05) is 10.6 Å². The molecule has 0 amide bonds. The van der Waals surface area contributed by atoms with Gasteiger partial charge in [0, 0.05) is 0 Å². The number of nitriles is 2. The molecule has 1 saturated carbocycles. The lowest BCUT2D eigenvalue weighted by atomic mass is 10.0. The summed E-state index contributed by atoms with van der Waals surface area (Å²) >= 11 is 0. The van der Waals surface area contributed by atoms with E-state index in [-0.39, 0.29) is 11.9 Å². The van der Waals surface area contributed by atoms with Crippen molar-refractivity contribution in [3.05, 3.63) is 0 Å². The molecule has 100 valence electrons. The zero-order valence-corrected chi connectivity index (χ0v) is 10.3. The maximum absolute atomic E-state index is 7.65. The largest absolute Gasteiger partial charge is 0.369 e. The van der Waals surface area contributed by atoms with Crippen molar-refractivity contribution < 1.29 is 0 Å². The molecule has 8 heteroatoms. The molecule has 1 aliphatic carbocycles. The quantitative estimate of drug-likeness (QED) is 0.156. The molecule has 0 unspecified atom stereocenters.